The van der Waals surface area contributed by atoms with E-state index in [0.29, 0.717) is 11.6 Å². The van der Waals surface area contributed by atoms with Gasteiger partial charge in [0.2, 0.25) is 0 Å². The molecule has 0 atom stereocenters. The van der Waals surface area contributed by atoms with E-state index in [1.807, 2.05) is 36.4 Å². The molecule has 0 fully saturated rings. The van der Waals surface area contributed by atoms with Crippen LogP contribution in [-0.2, 0) is 0 Å². The molecule has 26 heavy (non-hydrogen) atoms. The third kappa shape index (κ3) is 2.95. The molecule has 3 aromatic rings. The Morgan fingerprint density at radius 1 is 0.962 bits per heavy atom. The summed E-state index contributed by atoms with van der Waals surface area (Å²) in [6.07, 6.45) is 6.05. The minimum Gasteiger partial charge on any atom is -0.493 e. The maximum Gasteiger partial charge on any atom is 0.166 e. The van der Waals surface area contributed by atoms with Crippen LogP contribution in [0.2, 0.25) is 0 Å². The largest absolute Gasteiger partial charge is 0.493 e. The van der Waals surface area contributed by atoms with Crippen molar-refractivity contribution in [3.05, 3.63) is 83.8 Å². The second-order valence-electron chi connectivity index (χ2n) is 5.98. The van der Waals surface area contributed by atoms with Crippen molar-refractivity contribution in [3.63, 3.8) is 0 Å². The van der Waals surface area contributed by atoms with Crippen molar-refractivity contribution in [2.24, 2.45) is 4.99 Å². The SMILES string of the molecule is COc1cc(C2=C(c3ccncc3)N=C(c3ccccc3)C2)cnc1N. The molecule has 1 aliphatic heterocycles. The number of nitrogens with zero attached hydrogens (tertiary/aromatic N) is 3. The summed E-state index contributed by atoms with van der Waals surface area (Å²) in [7, 11) is 1.59. The predicted molar refractivity (Wildman–Crippen MR) is 104 cm³/mol. The van der Waals surface area contributed by atoms with Crippen LogP contribution in [0.4, 0.5) is 5.82 Å². The molecule has 0 radical (unpaired) electrons. The van der Waals surface area contributed by atoms with E-state index >= 15 is 0 Å². The van der Waals surface area contributed by atoms with Gasteiger partial charge in [0.15, 0.2) is 11.6 Å². The van der Waals surface area contributed by atoms with Gasteiger partial charge in [0.05, 0.1) is 18.5 Å². The molecule has 0 aliphatic carbocycles. The fourth-order valence-corrected chi connectivity index (χ4v) is 3.06. The Balaban J connectivity index is 1.83. The lowest BCUT2D eigenvalue weighted by Crippen LogP contribution is -2.00. The maximum absolute atomic E-state index is 5.87. The van der Waals surface area contributed by atoms with Crippen LogP contribution in [0.3, 0.4) is 0 Å². The second kappa shape index (κ2) is 6.80. The van der Waals surface area contributed by atoms with Gasteiger partial charge in [0.1, 0.15) is 0 Å². The molecule has 0 saturated heterocycles. The molecular weight excluding hydrogens is 324 g/mol. The minimum absolute atomic E-state index is 0.379. The zero-order chi connectivity index (χ0) is 17.9. The van der Waals surface area contributed by atoms with Crippen molar-refractivity contribution in [2.75, 3.05) is 12.8 Å². The van der Waals surface area contributed by atoms with Gasteiger partial charge >= 0.3 is 0 Å². The topological polar surface area (TPSA) is 73.4 Å². The van der Waals surface area contributed by atoms with Crippen molar-refractivity contribution < 1.29 is 4.74 Å². The van der Waals surface area contributed by atoms with Gasteiger partial charge < -0.3 is 10.5 Å². The number of allylic oxidation sites excluding steroid dienone is 1. The third-order valence-electron chi connectivity index (χ3n) is 4.39. The van der Waals surface area contributed by atoms with Crippen LogP contribution in [-0.4, -0.2) is 22.8 Å². The number of benzene rings is 1. The van der Waals surface area contributed by atoms with E-state index in [-0.39, 0.29) is 0 Å². The van der Waals surface area contributed by atoms with Crippen molar-refractivity contribution in [3.8, 4) is 5.75 Å². The molecule has 2 aromatic heterocycles. The van der Waals surface area contributed by atoms with Crippen molar-refractivity contribution in [2.45, 2.75) is 6.42 Å². The number of ether oxygens (including phenoxy) is 1. The molecule has 4 rings (SSSR count). The van der Waals surface area contributed by atoms with E-state index in [0.717, 1.165) is 40.1 Å². The first-order valence-corrected chi connectivity index (χ1v) is 8.32. The number of anilines is 1. The Morgan fingerprint density at radius 3 is 2.46 bits per heavy atom. The van der Waals surface area contributed by atoms with E-state index in [4.69, 9.17) is 15.5 Å². The molecule has 0 unspecified atom stereocenters. The fraction of sp³-hybridized carbons (Fsp3) is 0.0952. The first kappa shape index (κ1) is 16.0. The van der Waals surface area contributed by atoms with E-state index < -0.39 is 0 Å². The molecule has 128 valence electrons. The molecule has 3 heterocycles. The Morgan fingerprint density at radius 2 is 1.73 bits per heavy atom. The first-order valence-electron chi connectivity index (χ1n) is 8.32. The zero-order valence-corrected chi connectivity index (χ0v) is 14.4. The molecule has 5 heteroatoms. The summed E-state index contributed by atoms with van der Waals surface area (Å²) >= 11 is 0. The van der Waals surface area contributed by atoms with Crippen LogP contribution in [0.25, 0.3) is 11.3 Å². The molecule has 2 N–H and O–H groups in total. The van der Waals surface area contributed by atoms with Crippen LogP contribution in [0.1, 0.15) is 23.1 Å². The quantitative estimate of drug-likeness (QED) is 0.782. The van der Waals surface area contributed by atoms with Crippen LogP contribution in [0, 0.1) is 0 Å². The lowest BCUT2D eigenvalue weighted by molar-refractivity contribution is 0.415. The van der Waals surface area contributed by atoms with Crippen LogP contribution >= 0.6 is 0 Å². The molecule has 0 saturated carbocycles. The number of rotatable bonds is 4. The van der Waals surface area contributed by atoms with Crippen molar-refractivity contribution in [1.82, 2.24) is 9.97 Å². The maximum atomic E-state index is 5.87. The van der Waals surface area contributed by atoms with E-state index in [1.54, 1.807) is 25.7 Å². The monoisotopic (exact) mass is 342 g/mol. The highest BCUT2D eigenvalue weighted by Crippen LogP contribution is 2.38. The van der Waals surface area contributed by atoms with Crippen molar-refractivity contribution in [1.29, 1.82) is 0 Å². The van der Waals surface area contributed by atoms with Crippen molar-refractivity contribution >= 4 is 22.8 Å². The summed E-state index contributed by atoms with van der Waals surface area (Å²) in [5, 5.41) is 0. The number of hydrogen-bond donors (Lipinski definition) is 1. The van der Waals surface area contributed by atoms with Gasteiger partial charge in [-0.05, 0) is 29.3 Å². The van der Waals surface area contributed by atoms with Crippen LogP contribution < -0.4 is 10.5 Å². The standard InChI is InChI=1S/C21H18N4O/c1-26-19-11-16(13-24-21(19)22)17-12-18(14-5-3-2-4-6-14)25-20(17)15-7-9-23-10-8-15/h2-11,13H,12H2,1H3,(H2,22,24). The number of nitrogen functional groups attached to an aromatic ring is 1. The fourth-order valence-electron chi connectivity index (χ4n) is 3.06. The summed E-state index contributed by atoms with van der Waals surface area (Å²) in [6.45, 7) is 0. The number of aliphatic imine (C=N–C) groups is 1. The molecule has 1 aromatic carbocycles. The minimum atomic E-state index is 0.379. The predicted octanol–water partition coefficient (Wildman–Crippen LogP) is 3.83. The number of methoxy groups -OCH3 is 1. The second-order valence-corrected chi connectivity index (χ2v) is 5.98. The van der Waals surface area contributed by atoms with Gasteiger partial charge in [-0.25, -0.2) is 4.98 Å². The molecule has 0 bridgehead atoms. The zero-order valence-electron chi connectivity index (χ0n) is 14.4. The van der Waals surface area contributed by atoms with Crippen LogP contribution in [0.15, 0.2) is 72.1 Å². The average molecular weight is 342 g/mol. The van der Waals surface area contributed by atoms with Gasteiger partial charge in [-0.1, -0.05) is 30.3 Å². The van der Waals surface area contributed by atoms with Gasteiger partial charge in [-0.3, -0.25) is 9.98 Å². The highest BCUT2D eigenvalue weighted by molar-refractivity contribution is 6.16. The Labute approximate surface area is 151 Å². The lowest BCUT2D eigenvalue weighted by atomic mass is 9.97. The third-order valence-corrected chi connectivity index (χ3v) is 4.39. The molecule has 5 nitrogen and oxygen atoms in total. The van der Waals surface area contributed by atoms with Gasteiger partial charge in [0.25, 0.3) is 0 Å². The number of aromatic nitrogens is 2. The Bertz CT molecular complexity index is 995. The van der Waals surface area contributed by atoms with E-state index in [9.17, 15) is 0 Å². The molecule has 0 spiro atoms. The first-order chi connectivity index (χ1) is 12.8. The van der Waals surface area contributed by atoms with Gasteiger partial charge in [-0.2, -0.15) is 0 Å². The number of pyridine rings is 2. The highest BCUT2D eigenvalue weighted by atomic mass is 16.5. The van der Waals surface area contributed by atoms with E-state index in [2.05, 4.69) is 22.1 Å². The van der Waals surface area contributed by atoms with Gasteiger partial charge in [0, 0.05) is 36.1 Å². The Kier molecular flexibility index (Phi) is 4.19. The molecular formula is C21H18N4O. The smallest absolute Gasteiger partial charge is 0.166 e. The average Bonchev–Trinajstić information content (AvgIpc) is 3.15. The summed E-state index contributed by atoms with van der Waals surface area (Å²) in [5.74, 6) is 0.946. The van der Waals surface area contributed by atoms with Crippen LogP contribution in [0.5, 0.6) is 5.75 Å². The summed E-state index contributed by atoms with van der Waals surface area (Å²) in [4.78, 5) is 13.3. The lowest BCUT2D eigenvalue weighted by Gasteiger charge is -2.09. The summed E-state index contributed by atoms with van der Waals surface area (Å²) in [6, 6.07) is 16.1. The molecule has 1 aliphatic rings. The number of hydrogen-bond acceptors (Lipinski definition) is 5. The normalized spacial score (nSPS) is 13.7. The Hall–Kier alpha value is -3.47. The summed E-state index contributed by atoms with van der Waals surface area (Å²) < 4.78 is 5.34. The number of nitrogens with two attached hydrogens (primary N) is 1. The van der Waals surface area contributed by atoms with Gasteiger partial charge in [-0.15, -0.1) is 0 Å². The van der Waals surface area contributed by atoms with E-state index in [1.165, 1.54) is 0 Å². The highest BCUT2D eigenvalue weighted by Gasteiger charge is 2.22. The summed E-state index contributed by atoms with van der Waals surface area (Å²) in [5.41, 5.74) is 12.0. The molecule has 0 amide bonds.